The first kappa shape index (κ1) is 9.65. The van der Waals surface area contributed by atoms with Crippen molar-refractivity contribution >= 4 is 0 Å². The molecule has 1 fully saturated rings. The summed E-state index contributed by atoms with van der Waals surface area (Å²) in [6.45, 7) is 3.18. The average molecular weight is 195 g/mol. The summed E-state index contributed by atoms with van der Waals surface area (Å²) in [6.07, 6.45) is 6.40. The molecule has 14 heavy (non-hydrogen) atoms. The van der Waals surface area contributed by atoms with Crippen LogP contribution in [0.15, 0.2) is 10.9 Å². The van der Waals surface area contributed by atoms with Gasteiger partial charge in [0, 0.05) is 19.0 Å². The highest BCUT2D eigenvalue weighted by molar-refractivity contribution is 4.81. The zero-order valence-corrected chi connectivity index (χ0v) is 8.57. The second-order valence-corrected chi connectivity index (χ2v) is 4.13. The van der Waals surface area contributed by atoms with Crippen molar-refractivity contribution < 1.29 is 4.52 Å². The first-order chi connectivity index (χ1) is 6.84. The van der Waals surface area contributed by atoms with E-state index in [1.165, 1.54) is 25.7 Å². The van der Waals surface area contributed by atoms with E-state index in [1.54, 1.807) is 0 Å². The number of hydrogen-bond donors (Lipinski definition) is 1. The summed E-state index contributed by atoms with van der Waals surface area (Å²) in [4.78, 5) is 3.97. The Labute approximate surface area is 84.1 Å². The zero-order chi connectivity index (χ0) is 9.80. The van der Waals surface area contributed by atoms with E-state index in [-0.39, 0.29) is 0 Å². The Morgan fingerprint density at radius 3 is 3.14 bits per heavy atom. The van der Waals surface area contributed by atoms with Gasteiger partial charge in [0.25, 0.3) is 0 Å². The highest BCUT2D eigenvalue weighted by Crippen LogP contribution is 2.33. The van der Waals surface area contributed by atoms with E-state index in [9.17, 15) is 0 Å². The Morgan fingerprint density at radius 1 is 1.64 bits per heavy atom. The molecule has 0 spiro atoms. The van der Waals surface area contributed by atoms with Crippen molar-refractivity contribution in [1.29, 1.82) is 0 Å². The largest absolute Gasteiger partial charge is 0.343 e. The summed E-state index contributed by atoms with van der Waals surface area (Å²) in [5.41, 5.74) is 0. The van der Waals surface area contributed by atoms with Crippen LogP contribution in [0.5, 0.6) is 0 Å². The number of hydrogen-bond acceptors (Lipinski definition) is 4. The monoisotopic (exact) mass is 195 g/mol. The molecule has 0 amide bonds. The summed E-state index contributed by atoms with van der Waals surface area (Å²) in [5.74, 6) is 1.78. The SMILES string of the molecule is CC(CC1CC1)NCCc1ncon1. The van der Waals surface area contributed by atoms with Crippen LogP contribution in [0.25, 0.3) is 0 Å². The number of nitrogens with one attached hydrogen (secondary N) is 1. The van der Waals surface area contributed by atoms with E-state index in [0.29, 0.717) is 6.04 Å². The second kappa shape index (κ2) is 4.55. The lowest BCUT2D eigenvalue weighted by Crippen LogP contribution is -2.28. The molecule has 0 aromatic carbocycles. The standard InChI is InChI=1S/C10H17N3O/c1-8(6-9-2-3-9)11-5-4-10-12-7-14-13-10/h7-9,11H,2-6H2,1H3. The minimum atomic E-state index is 0.620. The highest BCUT2D eigenvalue weighted by Gasteiger charge is 2.23. The minimum absolute atomic E-state index is 0.620. The van der Waals surface area contributed by atoms with Crippen LogP contribution in [0.2, 0.25) is 0 Å². The second-order valence-electron chi connectivity index (χ2n) is 4.13. The summed E-state index contributed by atoms with van der Waals surface area (Å²) < 4.78 is 4.66. The fourth-order valence-corrected chi connectivity index (χ4v) is 1.67. The van der Waals surface area contributed by atoms with Crippen molar-refractivity contribution in [2.75, 3.05) is 6.54 Å². The Balaban J connectivity index is 1.57. The molecule has 0 aliphatic heterocycles. The lowest BCUT2D eigenvalue weighted by Gasteiger charge is -2.11. The van der Waals surface area contributed by atoms with Gasteiger partial charge < -0.3 is 9.84 Å². The van der Waals surface area contributed by atoms with E-state index in [2.05, 4.69) is 26.9 Å². The van der Waals surface area contributed by atoms with E-state index in [4.69, 9.17) is 0 Å². The minimum Gasteiger partial charge on any atom is -0.343 e. The van der Waals surface area contributed by atoms with Gasteiger partial charge in [-0.3, -0.25) is 0 Å². The fourth-order valence-electron chi connectivity index (χ4n) is 1.67. The Hall–Kier alpha value is -0.900. The molecule has 1 heterocycles. The van der Waals surface area contributed by atoms with E-state index in [0.717, 1.165) is 24.7 Å². The Bertz CT molecular complexity index is 256. The summed E-state index contributed by atoms with van der Waals surface area (Å²) in [7, 11) is 0. The maximum absolute atomic E-state index is 4.66. The number of nitrogens with zero attached hydrogens (tertiary/aromatic N) is 2. The third-order valence-electron chi connectivity index (χ3n) is 2.63. The van der Waals surface area contributed by atoms with Crippen molar-refractivity contribution in [3.05, 3.63) is 12.2 Å². The Morgan fingerprint density at radius 2 is 2.50 bits per heavy atom. The smallest absolute Gasteiger partial charge is 0.213 e. The Kier molecular flexibility index (Phi) is 3.14. The molecular formula is C10H17N3O. The van der Waals surface area contributed by atoms with Gasteiger partial charge in [0.15, 0.2) is 5.82 Å². The quantitative estimate of drug-likeness (QED) is 0.745. The van der Waals surface area contributed by atoms with Crippen LogP contribution in [0.3, 0.4) is 0 Å². The maximum atomic E-state index is 4.66. The van der Waals surface area contributed by atoms with Gasteiger partial charge in [-0.2, -0.15) is 4.98 Å². The molecule has 4 heteroatoms. The zero-order valence-electron chi connectivity index (χ0n) is 8.57. The summed E-state index contributed by atoms with van der Waals surface area (Å²) >= 11 is 0. The number of aromatic nitrogens is 2. The maximum Gasteiger partial charge on any atom is 0.213 e. The molecule has 1 aliphatic rings. The molecule has 0 saturated heterocycles. The molecule has 0 radical (unpaired) electrons. The topological polar surface area (TPSA) is 51.0 Å². The lowest BCUT2D eigenvalue weighted by atomic mass is 10.1. The normalized spacial score (nSPS) is 18.4. The van der Waals surface area contributed by atoms with Gasteiger partial charge in [-0.15, -0.1) is 0 Å². The molecule has 1 N–H and O–H groups in total. The van der Waals surface area contributed by atoms with Crippen molar-refractivity contribution in [3.8, 4) is 0 Å². The summed E-state index contributed by atoms with van der Waals surface area (Å²) in [6, 6.07) is 0.620. The molecule has 1 atom stereocenters. The molecule has 1 aromatic rings. The predicted molar refractivity (Wildman–Crippen MR) is 52.8 cm³/mol. The lowest BCUT2D eigenvalue weighted by molar-refractivity contribution is 0.407. The van der Waals surface area contributed by atoms with E-state index in [1.807, 2.05) is 0 Å². The van der Waals surface area contributed by atoms with Crippen LogP contribution in [0.1, 0.15) is 32.0 Å². The van der Waals surface area contributed by atoms with Gasteiger partial charge >= 0.3 is 0 Å². The fraction of sp³-hybridized carbons (Fsp3) is 0.800. The average Bonchev–Trinajstić information content (AvgIpc) is 2.82. The van der Waals surface area contributed by atoms with Crippen molar-refractivity contribution in [3.63, 3.8) is 0 Å². The first-order valence-corrected chi connectivity index (χ1v) is 5.33. The molecule has 1 unspecified atom stereocenters. The molecule has 78 valence electrons. The van der Waals surface area contributed by atoms with Gasteiger partial charge in [-0.05, 0) is 19.3 Å². The molecule has 1 aliphatic carbocycles. The van der Waals surface area contributed by atoms with Crippen LogP contribution in [0, 0.1) is 5.92 Å². The van der Waals surface area contributed by atoms with E-state index >= 15 is 0 Å². The molecule has 0 bridgehead atoms. The van der Waals surface area contributed by atoms with Crippen LogP contribution in [-0.4, -0.2) is 22.7 Å². The van der Waals surface area contributed by atoms with Crippen LogP contribution in [0.4, 0.5) is 0 Å². The first-order valence-electron chi connectivity index (χ1n) is 5.33. The molecule has 2 rings (SSSR count). The molecule has 4 nitrogen and oxygen atoms in total. The van der Waals surface area contributed by atoms with Gasteiger partial charge in [-0.25, -0.2) is 0 Å². The van der Waals surface area contributed by atoms with Gasteiger partial charge in [0.2, 0.25) is 6.39 Å². The molecular weight excluding hydrogens is 178 g/mol. The third-order valence-corrected chi connectivity index (χ3v) is 2.63. The van der Waals surface area contributed by atoms with Crippen molar-refractivity contribution in [2.24, 2.45) is 5.92 Å². The molecule has 1 saturated carbocycles. The number of rotatable bonds is 6. The van der Waals surface area contributed by atoms with Gasteiger partial charge in [0.05, 0.1) is 0 Å². The van der Waals surface area contributed by atoms with Crippen molar-refractivity contribution in [2.45, 2.75) is 38.6 Å². The highest BCUT2D eigenvalue weighted by atomic mass is 16.5. The third kappa shape index (κ3) is 3.10. The van der Waals surface area contributed by atoms with Crippen LogP contribution < -0.4 is 5.32 Å². The van der Waals surface area contributed by atoms with Gasteiger partial charge in [-0.1, -0.05) is 18.0 Å². The predicted octanol–water partition coefficient (Wildman–Crippen LogP) is 1.39. The van der Waals surface area contributed by atoms with E-state index < -0.39 is 0 Å². The van der Waals surface area contributed by atoms with Crippen LogP contribution in [-0.2, 0) is 6.42 Å². The summed E-state index contributed by atoms with van der Waals surface area (Å²) in [5, 5.41) is 7.23. The van der Waals surface area contributed by atoms with Gasteiger partial charge in [0.1, 0.15) is 0 Å². The van der Waals surface area contributed by atoms with Crippen LogP contribution >= 0.6 is 0 Å². The van der Waals surface area contributed by atoms with Crippen molar-refractivity contribution in [1.82, 2.24) is 15.5 Å². The molecule has 1 aromatic heterocycles.